The van der Waals surface area contributed by atoms with Crippen LogP contribution in [-0.4, -0.2) is 108 Å². The fourth-order valence-corrected chi connectivity index (χ4v) is 5.46. The molecule has 0 radical (unpaired) electrons. The van der Waals surface area contributed by atoms with Gasteiger partial charge in [0.2, 0.25) is 11.8 Å². The summed E-state index contributed by atoms with van der Waals surface area (Å²) in [5.41, 5.74) is 4.35. The van der Waals surface area contributed by atoms with Crippen molar-refractivity contribution in [3.05, 3.63) is 59.7 Å². The number of amides is 3. The van der Waals surface area contributed by atoms with Gasteiger partial charge in [-0.1, -0.05) is 62.4 Å². The molecule has 49 heavy (non-hydrogen) atoms. The van der Waals surface area contributed by atoms with Crippen molar-refractivity contribution in [2.45, 2.75) is 57.5 Å². The summed E-state index contributed by atoms with van der Waals surface area (Å²) < 4.78 is 26.6. The molecule has 270 valence electrons. The summed E-state index contributed by atoms with van der Waals surface area (Å²) in [6.45, 7) is 6.99. The van der Waals surface area contributed by atoms with Gasteiger partial charge in [-0.15, -0.1) is 0 Å². The Morgan fingerprint density at radius 1 is 0.776 bits per heavy atom. The third-order valence-corrected chi connectivity index (χ3v) is 8.07. The number of carboxylic acid groups (broad SMARTS) is 1. The lowest BCUT2D eigenvalue weighted by atomic mass is 9.98. The van der Waals surface area contributed by atoms with E-state index < -0.39 is 30.1 Å². The maximum absolute atomic E-state index is 13.1. The first kappa shape index (κ1) is 39.4. The molecular weight excluding hydrogens is 634 g/mol. The molecule has 0 spiro atoms. The van der Waals surface area contributed by atoms with Gasteiger partial charge in [0.25, 0.3) is 0 Å². The molecule has 1 aliphatic carbocycles. The number of methoxy groups -OCH3 is 1. The average Bonchev–Trinajstić information content (AvgIpc) is 3.41. The second kappa shape index (κ2) is 21.8. The summed E-state index contributed by atoms with van der Waals surface area (Å²) in [7, 11) is 1.61. The average molecular weight is 686 g/mol. The molecule has 2 aromatic rings. The first-order valence-corrected chi connectivity index (χ1v) is 16.9. The van der Waals surface area contributed by atoms with E-state index in [0.717, 1.165) is 22.3 Å². The first-order chi connectivity index (χ1) is 23.7. The minimum absolute atomic E-state index is 0.0923. The Balaban J connectivity index is 1.32. The van der Waals surface area contributed by atoms with Crippen molar-refractivity contribution in [3.63, 3.8) is 0 Å². The predicted octanol–water partition coefficient (Wildman–Crippen LogP) is 3.49. The summed E-state index contributed by atoms with van der Waals surface area (Å²) in [6.07, 6.45) is 0.579. The number of hydrogen-bond acceptors (Lipinski definition) is 9. The van der Waals surface area contributed by atoms with E-state index in [2.05, 4.69) is 16.0 Å². The lowest BCUT2D eigenvalue weighted by Gasteiger charge is -2.24. The number of rotatable bonds is 24. The van der Waals surface area contributed by atoms with Crippen LogP contribution in [0.1, 0.15) is 56.6 Å². The van der Waals surface area contributed by atoms with Crippen LogP contribution in [0.4, 0.5) is 4.79 Å². The van der Waals surface area contributed by atoms with E-state index in [1.54, 1.807) is 21.0 Å². The molecule has 0 heterocycles. The van der Waals surface area contributed by atoms with E-state index in [4.69, 9.17) is 23.7 Å². The van der Waals surface area contributed by atoms with Crippen LogP contribution >= 0.6 is 0 Å². The Labute approximate surface area is 288 Å². The number of alkyl carbamates (subject to hydrolysis) is 1. The molecule has 2 aromatic carbocycles. The van der Waals surface area contributed by atoms with Crippen molar-refractivity contribution < 1.29 is 48.0 Å². The number of carbonyl (C=O) groups is 4. The monoisotopic (exact) mass is 685 g/mol. The SMILES string of the molecule is COCCOCCOCCOCCC(=O)NCCCC[C@H](NC(=O)C(NC(=O)OCC1c2ccccc2-c2ccccc21)C(C)C)C(=O)O. The highest BCUT2D eigenvalue weighted by atomic mass is 16.6. The van der Waals surface area contributed by atoms with Gasteiger partial charge in [-0.05, 0) is 47.4 Å². The molecule has 3 amide bonds. The van der Waals surface area contributed by atoms with Crippen molar-refractivity contribution in [3.8, 4) is 11.1 Å². The van der Waals surface area contributed by atoms with E-state index in [1.165, 1.54) is 0 Å². The van der Waals surface area contributed by atoms with Gasteiger partial charge < -0.3 is 44.7 Å². The second-order valence-corrected chi connectivity index (χ2v) is 12.0. The second-order valence-electron chi connectivity index (χ2n) is 12.0. The van der Waals surface area contributed by atoms with Crippen LogP contribution in [0.2, 0.25) is 0 Å². The molecule has 0 saturated carbocycles. The molecule has 13 heteroatoms. The molecule has 3 rings (SSSR count). The van der Waals surface area contributed by atoms with E-state index >= 15 is 0 Å². The topological polar surface area (TPSA) is 171 Å². The van der Waals surface area contributed by atoms with Crippen LogP contribution in [0, 0.1) is 5.92 Å². The normalized spacial score (nSPS) is 13.3. The number of hydrogen-bond donors (Lipinski definition) is 4. The van der Waals surface area contributed by atoms with Crippen molar-refractivity contribution >= 4 is 23.9 Å². The van der Waals surface area contributed by atoms with E-state index in [1.807, 2.05) is 48.5 Å². The number of unbranched alkanes of at least 4 members (excludes halogenated alkanes) is 1. The van der Waals surface area contributed by atoms with Crippen molar-refractivity contribution in [2.24, 2.45) is 5.92 Å². The zero-order valence-corrected chi connectivity index (χ0v) is 28.7. The summed E-state index contributed by atoms with van der Waals surface area (Å²) in [4.78, 5) is 50.0. The molecule has 0 aliphatic heterocycles. The lowest BCUT2D eigenvalue weighted by Crippen LogP contribution is -2.53. The predicted molar refractivity (Wildman–Crippen MR) is 182 cm³/mol. The quantitative estimate of drug-likeness (QED) is 0.120. The molecule has 13 nitrogen and oxygen atoms in total. The molecule has 4 N–H and O–H groups in total. The Morgan fingerprint density at radius 2 is 1.35 bits per heavy atom. The number of aliphatic carboxylic acids is 1. The van der Waals surface area contributed by atoms with Crippen molar-refractivity contribution in [1.82, 2.24) is 16.0 Å². The molecule has 0 saturated heterocycles. The number of nitrogens with one attached hydrogen (secondary N) is 3. The first-order valence-electron chi connectivity index (χ1n) is 16.9. The fraction of sp³-hybridized carbons (Fsp3) is 0.556. The molecule has 1 unspecified atom stereocenters. The van der Waals surface area contributed by atoms with Crippen LogP contribution in [0.25, 0.3) is 11.1 Å². The number of fused-ring (bicyclic) bond motifs is 3. The number of ether oxygens (including phenoxy) is 5. The molecule has 0 bridgehead atoms. The minimum atomic E-state index is -1.18. The Morgan fingerprint density at radius 3 is 1.92 bits per heavy atom. The van der Waals surface area contributed by atoms with Gasteiger partial charge in [0, 0.05) is 26.0 Å². The number of benzene rings is 2. The van der Waals surface area contributed by atoms with Gasteiger partial charge in [-0.2, -0.15) is 0 Å². The molecular formula is C36H51N3O10. The van der Waals surface area contributed by atoms with Crippen LogP contribution in [0.5, 0.6) is 0 Å². The highest BCUT2D eigenvalue weighted by Gasteiger charge is 2.31. The highest BCUT2D eigenvalue weighted by Crippen LogP contribution is 2.44. The van der Waals surface area contributed by atoms with Gasteiger partial charge >= 0.3 is 12.1 Å². The maximum atomic E-state index is 13.1. The fourth-order valence-electron chi connectivity index (χ4n) is 5.46. The lowest BCUT2D eigenvalue weighted by molar-refractivity contribution is -0.142. The summed E-state index contributed by atoms with van der Waals surface area (Å²) in [5, 5.41) is 17.7. The molecule has 0 aromatic heterocycles. The van der Waals surface area contributed by atoms with Crippen LogP contribution in [0.3, 0.4) is 0 Å². The molecule has 2 atom stereocenters. The highest BCUT2D eigenvalue weighted by molar-refractivity contribution is 5.89. The maximum Gasteiger partial charge on any atom is 0.407 e. The summed E-state index contributed by atoms with van der Waals surface area (Å²) in [5.74, 6) is -2.42. The minimum Gasteiger partial charge on any atom is -0.480 e. The van der Waals surface area contributed by atoms with Crippen molar-refractivity contribution in [1.29, 1.82) is 0 Å². The summed E-state index contributed by atoms with van der Waals surface area (Å²) in [6, 6.07) is 13.8. The molecule has 1 aliphatic rings. The zero-order chi connectivity index (χ0) is 35.4. The van der Waals surface area contributed by atoms with E-state index in [-0.39, 0.29) is 43.8 Å². The number of carbonyl (C=O) groups excluding carboxylic acids is 3. The van der Waals surface area contributed by atoms with Gasteiger partial charge in [0.05, 0.1) is 46.2 Å². The third-order valence-electron chi connectivity index (χ3n) is 8.07. The third kappa shape index (κ3) is 13.4. The van der Waals surface area contributed by atoms with Gasteiger partial charge in [-0.25, -0.2) is 9.59 Å². The van der Waals surface area contributed by atoms with Gasteiger partial charge in [-0.3, -0.25) is 9.59 Å². The Hall–Kier alpha value is -4.04. The van der Waals surface area contributed by atoms with Crippen molar-refractivity contribution in [2.75, 3.05) is 66.5 Å². The van der Waals surface area contributed by atoms with Crippen LogP contribution < -0.4 is 16.0 Å². The van der Waals surface area contributed by atoms with Gasteiger partial charge in [0.15, 0.2) is 0 Å². The number of carboxylic acids is 1. The standard InChI is InChI=1S/C36H51N3O10/c1-25(2)33(39-36(44)49-24-30-28-12-6-4-10-26(28)27-11-5-7-13-29(27)30)34(41)38-31(35(42)43)14-8-9-16-37-32(40)15-17-46-20-21-48-23-22-47-19-18-45-3/h4-7,10-13,25,30-31,33H,8-9,14-24H2,1-3H3,(H,37,40)(H,38,41)(H,39,44)(H,42,43)/t31-,33?/m0/s1. The Kier molecular flexibility index (Phi) is 17.6. The molecule has 0 fully saturated rings. The van der Waals surface area contributed by atoms with Gasteiger partial charge in [0.1, 0.15) is 18.7 Å². The largest absolute Gasteiger partial charge is 0.480 e. The van der Waals surface area contributed by atoms with Crippen LogP contribution in [0.15, 0.2) is 48.5 Å². The Bertz CT molecular complexity index is 1290. The summed E-state index contributed by atoms with van der Waals surface area (Å²) >= 11 is 0. The van der Waals surface area contributed by atoms with E-state index in [0.29, 0.717) is 59.0 Å². The smallest absolute Gasteiger partial charge is 0.407 e. The van der Waals surface area contributed by atoms with E-state index in [9.17, 15) is 24.3 Å². The van der Waals surface area contributed by atoms with Crippen LogP contribution in [-0.2, 0) is 38.1 Å². The zero-order valence-electron chi connectivity index (χ0n) is 28.7.